The number of carbonyl (C=O) groups excluding carboxylic acids is 2. The second kappa shape index (κ2) is 6.61. The summed E-state index contributed by atoms with van der Waals surface area (Å²) in [7, 11) is 0. The second-order valence-corrected chi connectivity index (χ2v) is 7.14. The maximum absolute atomic E-state index is 13.1. The van der Waals surface area contributed by atoms with Gasteiger partial charge in [-0.1, -0.05) is 12.1 Å². The van der Waals surface area contributed by atoms with Crippen LogP contribution in [0.1, 0.15) is 37.7 Å². The highest BCUT2D eigenvalue weighted by Crippen LogP contribution is 2.28. The molecule has 0 aliphatic carbocycles. The standard InChI is InChI=1S/C21H23N3O3/c1-13-6-7-14(2)18-17(13)15(3)19(22-18)21(26)24-10-8-23(9-11-24)20(25)16-5-4-12-27-16/h4-7,12,22H,8-11H2,1-3H3. The summed E-state index contributed by atoms with van der Waals surface area (Å²) in [6.45, 7) is 8.14. The Hall–Kier alpha value is -3.02. The van der Waals surface area contributed by atoms with E-state index in [1.165, 1.54) is 6.26 Å². The number of aromatic amines is 1. The van der Waals surface area contributed by atoms with E-state index in [1.807, 2.05) is 18.7 Å². The van der Waals surface area contributed by atoms with Crippen molar-refractivity contribution in [2.45, 2.75) is 20.8 Å². The summed E-state index contributed by atoms with van der Waals surface area (Å²) in [5, 5.41) is 1.13. The van der Waals surface area contributed by atoms with Gasteiger partial charge in [0.25, 0.3) is 11.8 Å². The minimum absolute atomic E-state index is 0.00685. The van der Waals surface area contributed by atoms with Crippen molar-refractivity contribution in [3.8, 4) is 0 Å². The Balaban J connectivity index is 1.53. The number of aromatic nitrogens is 1. The van der Waals surface area contributed by atoms with Gasteiger partial charge in [-0.05, 0) is 49.6 Å². The Morgan fingerprint density at radius 3 is 2.15 bits per heavy atom. The van der Waals surface area contributed by atoms with Crippen molar-refractivity contribution >= 4 is 22.7 Å². The van der Waals surface area contributed by atoms with Crippen molar-refractivity contribution in [1.82, 2.24) is 14.8 Å². The summed E-state index contributed by atoms with van der Waals surface area (Å²) in [5.41, 5.74) is 4.96. The molecule has 1 aliphatic rings. The molecule has 1 N–H and O–H groups in total. The number of amides is 2. The number of nitrogens with zero attached hydrogens (tertiary/aromatic N) is 2. The van der Waals surface area contributed by atoms with E-state index >= 15 is 0 Å². The normalized spacial score (nSPS) is 14.8. The first kappa shape index (κ1) is 17.4. The molecule has 4 rings (SSSR count). The summed E-state index contributed by atoms with van der Waals surface area (Å²) in [5.74, 6) is 0.208. The van der Waals surface area contributed by atoms with Crippen LogP contribution in [0.15, 0.2) is 34.9 Å². The van der Waals surface area contributed by atoms with Crippen molar-refractivity contribution in [2.24, 2.45) is 0 Å². The molecule has 0 bridgehead atoms. The molecule has 0 saturated carbocycles. The van der Waals surface area contributed by atoms with E-state index in [0.717, 1.165) is 27.6 Å². The molecule has 3 aromatic rings. The molecule has 0 radical (unpaired) electrons. The number of hydrogen-bond acceptors (Lipinski definition) is 3. The molecule has 0 atom stereocenters. The van der Waals surface area contributed by atoms with Crippen LogP contribution in [0.2, 0.25) is 0 Å². The van der Waals surface area contributed by atoms with Gasteiger partial charge in [0.1, 0.15) is 5.69 Å². The van der Waals surface area contributed by atoms with Crippen molar-refractivity contribution in [3.05, 3.63) is 58.7 Å². The molecule has 27 heavy (non-hydrogen) atoms. The number of fused-ring (bicyclic) bond motifs is 1. The Morgan fingerprint density at radius 1 is 0.926 bits per heavy atom. The van der Waals surface area contributed by atoms with Crippen LogP contribution in [0, 0.1) is 20.8 Å². The van der Waals surface area contributed by atoms with Crippen LogP contribution in [0.3, 0.4) is 0 Å². The van der Waals surface area contributed by atoms with Crippen molar-refractivity contribution in [1.29, 1.82) is 0 Å². The maximum atomic E-state index is 13.1. The lowest BCUT2D eigenvalue weighted by molar-refractivity contribution is 0.0515. The van der Waals surface area contributed by atoms with E-state index in [4.69, 9.17) is 4.42 Å². The smallest absolute Gasteiger partial charge is 0.289 e. The van der Waals surface area contributed by atoms with Crippen LogP contribution in [0.25, 0.3) is 10.9 Å². The third-order valence-corrected chi connectivity index (χ3v) is 5.42. The molecule has 140 valence electrons. The van der Waals surface area contributed by atoms with E-state index in [0.29, 0.717) is 37.6 Å². The predicted molar refractivity (Wildman–Crippen MR) is 103 cm³/mol. The van der Waals surface area contributed by atoms with Crippen LogP contribution in [0.4, 0.5) is 0 Å². The van der Waals surface area contributed by atoms with Crippen LogP contribution >= 0.6 is 0 Å². The zero-order valence-electron chi connectivity index (χ0n) is 15.8. The molecule has 0 spiro atoms. The lowest BCUT2D eigenvalue weighted by Crippen LogP contribution is -2.50. The molecular weight excluding hydrogens is 342 g/mol. The van der Waals surface area contributed by atoms with Crippen LogP contribution in [-0.4, -0.2) is 52.8 Å². The summed E-state index contributed by atoms with van der Waals surface area (Å²) in [4.78, 5) is 32.4. The van der Waals surface area contributed by atoms with Gasteiger partial charge in [-0.3, -0.25) is 9.59 Å². The quantitative estimate of drug-likeness (QED) is 0.758. The highest BCUT2D eigenvalue weighted by atomic mass is 16.3. The fraction of sp³-hybridized carbons (Fsp3) is 0.333. The van der Waals surface area contributed by atoms with Crippen LogP contribution < -0.4 is 0 Å². The van der Waals surface area contributed by atoms with Gasteiger partial charge in [-0.2, -0.15) is 0 Å². The van der Waals surface area contributed by atoms with Crippen molar-refractivity contribution in [3.63, 3.8) is 0 Å². The highest BCUT2D eigenvalue weighted by molar-refractivity contribution is 6.02. The zero-order chi connectivity index (χ0) is 19.1. The maximum Gasteiger partial charge on any atom is 0.289 e. The number of piperazine rings is 1. The SMILES string of the molecule is Cc1ccc(C)c2c(C)c(C(=O)N3CCN(C(=O)c4ccco4)CC3)[nH]c12. The van der Waals surface area contributed by atoms with Crippen molar-refractivity contribution < 1.29 is 14.0 Å². The lowest BCUT2D eigenvalue weighted by Gasteiger charge is -2.34. The number of carbonyl (C=O) groups is 2. The zero-order valence-corrected chi connectivity index (χ0v) is 15.8. The van der Waals surface area contributed by atoms with Crippen LogP contribution in [-0.2, 0) is 0 Å². The van der Waals surface area contributed by atoms with Gasteiger partial charge in [-0.25, -0.2) is 0 Å². The Bertz CT molecular complexity index is 1010. The van der Waals surface area contributed by atoms with Gasteiger partial charge in [0.2, 0.25) is 0 Å². The first-order valence-electron chi connectivity index (χ1n) is 9.18. The lowest BCUT2D eigenvalue weighted by atomic mass is 10.0. The molecule has 1 aliphatic heterocycles. The first-order valence-corrected chi connectivity index (χ1v) is 9.18. The molecule has 0 unspecified atom stereocenters. The Labute approximate surface area is 157 Å². The molecule has 1 saturated heterocycles. The minimum atomic E-state index is -0.125. The van der Waals surface area contributed by atoms with E-state index in [-0.39, 0.29) is 11.8 Å². The van der Waals surface area contributed by atoms with E-state index < -0.39 is 0 Å². The summed E-state index contributed by atoms with van der Waals surface area (Å²) >= 11 is 0. The number of hydrogen-bond donors (Lipinski definition) is 1. The van der Waals surface area contributed by atoms with Gasteiger partial charge in [-0.15, -0.1) is 0 Å². The summed E-state index contributed by atoms with van der Waals surface area (Å²) < 4.78 is 5.19. The monoisotopic (exact) mass is 365 g/mol. The van der Waals surface area contributed by atoms with Gasteiger partial charge < -0.3 is 19.2 Å². The average Bonchev–Trinajstić information content (AvgIpc) is 3.33. The number of H-pyrrole nitrogens is 1. The van der Waals surface area contributed by atoms with E-state index in [9.17, 15) is 9.59 Å². The molecule has 1 fully saturated rings. The van der Waals surface area contributed by atoms with Crippen LogP contribution in [0.5, 0.6) is 0 Å². The third kappa shape index (κ3) is 2.91. The predicted octanol–water partition coefficient (Wildman–Crippen LogP) is 3.28. The number of nitrogens with one attached hydrogen (secondary N) is 1. The summed E-state index contributed by atoms with van der Waals surface area (Å²) in [6, 6.07) is 7.53. The molecule has 6 heteroatoms. The van der Waals surface area contributed by atoms with E-state index in [2.05, 4.69) is 24.0 Å². The topological polar surface area (TPSA) is 69.6 Å². The largest absolute Gasteiger partial charge is 0.459 e. The molecule has 3 heterocycles. The fourth-order valence-corrected chi connectivity index (χ4v) is 3.84. The minimum Gasteiger partial charge on any atom is -0.459 e. The van der Waals surface area contributed by atoms with E-state index in [1.54, 1.807) is 17.0 Å². The molecule has 2 aromatic heterocycles. The average molecular weight is 365 g/mol. The first-order chi connectivity index (χ1) is 13.0. The highest BCUT2D eigenvalue weighted by Gasteiger charge is 2.28. The third-order valence-electron chi connectivity index (χ3n) is 5.42. The number of furan rings is 1. The van der Waals surface area contributed by atoms with Gasteiger partial charge >= 0.3 is 0 Å². The molecule has 1 aromatic carbocycles. The molecule has 2 amide bonds. The fourth-order valence-electron chi connectivity index (χ4n) is 3.84. The Morgan fingerprint density at radius 2 is 1.56 bits per heavy atom. The van der Waals surface area contributed by atoms with Gasteiger partial charge in [0.05, 0.1) is 6.26 Å². The van der Waals surface area contributed by atoms with Gasteiger partial charge in [0, 0.05) is 37.1 Å². The summed E-state index contributed by atoms with van der Waals surface area (Å²) in [6.07, 6.45) is 1.50. The molecule has 6 nitrogen and oxygen atoms in total. The van der Waals surface area contributed by atoms with Crippen molar-refractivity contribution in [2.75, 3.05) is 26.2 Å². The van der Waals surface area contributed by atoms with Gasteiger partial charge in [0.15, 0.2) is 5.76 Å². The number of benzene rings is 1. The molecular formula is C21H23N3O3. The second-order valence-electron chi connectivity index (χ2n) is 7.14. The number of aryl methyl sites for hydroxylation is 3. The Kier molecular flexibility index (Phi) is 4.26. The number of rotatable bonds is 2.